The first-order valence-electron chi connectivity index (χ1n) is 2.51. The highest BCUT2D eigenvalue weighted by Gasteiger charge is 2.30. The molecule has 1 saturated heterocycles. The number of amidine groups is 1. The minimum Gasteiger partial charge on any atom is -0.351 e. The zero-order valence-electron chi connectivity index (χ0n) is 4.94. The molecular weight excluding hydrogens is 134 g/mol. The van der Waals surface area contributed by atoms with Crippen molar-refractivity contribution in [3.05, 3.63) is 6.04 Å². The molecule has 1 heterocycles. The number of nitrogens with one attached hydrogen (secondary N) is 1. The molecule has 0 aromatic carbocycles. The normalized spacial score (nSPS) is 21.0. The lowest BCUT2D eigenvalue weighted by atomic mass is 10.5. The van der Waals surface area contributed by atoms with E-state index in [0.29, 0.717) is 24.7 Å². The molecule has 51 valence electrons. The predicted molar refractivity (Wildman–Crippen MR) is 34.4 cm³/mol. The molecule has 1 radical (unpaired) electrons. The molecule has 0 aromatic heterocycles. The van der Waals surface area contributed by atoms with Gasteiger partial charge in [0.15, 0.2) is 6.04 Å². The fourth-order valence-corrected chi connectivity index (χ4v) is 0.449. The molecule has 0 spiro atoms. The summed E-state index contributed by atoms with van der Waals surface area (Å²) in [6.07, 6.45) is 2.13. The van der Waals surface area contributed by atoms with Gasteiger partial charge in [0.25, 0.3) is 0 Å². The second-order valence-corrected chi connectivity index (χ2v) is 1.51. The zero-order valence-corrected chi connectivity index (χ0v) is 4.94. The van der Waals surface area contributed by atoms with E-state index in [4.69, 9.17) is 0 Å². The zero-order chi connectivity index (χ0) is 7.40. The molecule has 5 heteroatoms. The summed E-state index contributed by atoms with van der Waals surface area (Å²) < 4.78 is 0. The maximum absolute atomic E-state index is 9.72. The average Bonchev–Trinajstić information content (AvgIpc) is 2.65. The van der Waals surface area contributed by atoms with E-state index in [1.807, 2.05) is 0 Å². The third-order valence-electron chi connectivity index (χ3n) is 0.892. The molecule has 0 atom stereocenters. The van der Waals surface area contributed by atoms with Crippen molar-refractivity contribution >= 4 is 24.9 Å². The second kappa shape index (κ2) is 2.86. The fraction of sp³-hybridized carbons (Fsp3) is 0. The van der Waals surface area contributed by atoms with Crippen LogP contribution < -0.4 is 5.32 Å². The van der Waals surface area contributed by atoms with Crippen LogP contribution in [0, 0.1) is 6.04 Å². The molecule has 10 heavy (non-hydrogen) atoms. The second-order valence-electron chi connectivity index (χ2n) is 1.51. The molecule has 1 fully saturated rings. The van der Waals surface area contributed by atoms with E-state index in [1.54, 1.807) is 0 Å². The number of carbonyl (C=O) groups is 2. The van der Waals surface area contributed by atoms with Crippen LogP contribution >= 0.6 is 0 Å². The number of hydrogen-bond donors (Lipinski definition) is 1. The third kappa shape index (κ3) is 1.48. The Morgan fingerprint density at radius 1 is 1.30 bits per heavy atom. The summed E-state index contributed by atoms with van der Waals surface area (Å²) in [5.74, 6) is 0.473. The van der Waals surface area contributed by atoms with Gasteiger partial charge in [-0.25, -0.2) is 9.98 Å². The standard InChI is InChI=1S/C5H4N3O2/c9-2-6-1-4-5(8-4)7-3-10/h1-3H,(H,7,8,10). The Morgan fingerprint density at radius 2 is 2.10 bits per heavy atom. The van der Waals surface area contributed by atoms with Gasteiger partial charge in [-0.1, -0.05) is 0 Å². The number of nitrogens with zero attached hydrogens (tertiary/aromatic N) is 2. The molecular formula is C5H4N3O2. The summed E-state index contributed by atoms with van der Waals surface area (Å²) in [7, 11) is 0. The number of hydrogen-bond acceptors (Lipinski definition) is 2. The van der Waals surface area contributed by atoms with Gasteiger partial charge in [0.05, 0.1) is 0 Å². The molecule has 0 aliphatic carbocycles. The summed E-state index contributed by atoms with van der Waals surface area (Å²) in [6.45, 7) is 0. The van der Waals surface area contributed by atoms with Crippen molar-refractivity contribution in [3.63, 3.8) is 0 Å². The van der Waals surface area contributed by atoms with Gasteiger partial charge in [0.1, 0.15) is 5.84 Å². The van der Waals surface area contributed by atoms with Gasteiger partial charge in [0, 0.05) is 6.21 Å². The van der Waals surface area contributed by atoms with Crippen molar-refractivity contribution < 1.29 is 9.59 Å². The molecule has 0 bridgehead atoms. The molecule has 1 N–H and O–H groups in total. The minimum atomic E-state index is 0.408. The van der Waals surface area contributed by atoms with Crippen molar-refractivity contribution in [2.24, 2.45) is 9.98 Å². The van der Waals surface area contributed by atoms with E-state index >= 15 is 0 Å². The highest BCUT2D eigenvalue weighted by atomic mass is 16.1. The summed E-state index contributed by atoms with van der Waals surface area (Å²) in [5, 5.41) is 2.63. The van der Waals surface area contributed by atoms with Crippen LogP contribution in [0.1, 0.15) is 0 Å². The van der Waals surface area contributed by atoms with Gasteiger partial charge in [0.2, 0.25) is 12.8 Å². The van der Waals surface area contributed by atoms with Gasteiger partial charge < -0.3 is 5.32 Å². The molecule has 0 unspecified atom stereocenters. The number of rotatable bonds is 3. The topological polar surface area (TPSA) is 80.8 Å². The Labute approximate surface area is 56.9 Å². The Balaban J connectivity index is 2.38. The SMILES string of the molecule is O=CN=C[C]1NC1=NC=O. The van der Waals surface area contributed by atoms with Crippen LogP contribution in [0.5, 0.6) is 0 Å². The smallest absolute Gasteiger partial charge is 0.234 e. The highest BCUT2D eigenvalue weighted by Crippen LogP contribution is 2.07. The van der Waals surface area contributed by atoms with Crippen LogP contribution in [0.3, 0.4) is 0 Å². The summed E-state index contributed by atoms with van der Waals surface area (Å²) in [4.78, 5) is 26.0. The number of aliphatic imine (C=N–C) groups is 2. The average molecular weight is 138 g/mol. The maximum atomic E-state index is 9.72. The lowest BCUT2D eigenvalue weighted by molar-refractivity contribution is -0.107. The summed E-state index contributed by atoms with van der Waals surface area (Å²) >= 11 is 0. The van der Waals surface area contributed by atoms with E-state index in [1.165, 1.54) is 6.21 Å². The molecule has 0 saturated carbocycles. The van der Waals surface area contributed by atoms with Gasteiger partial charge in [-0.2, -0.15) is 0 Å². The number of carbonyl (C=O) groups excluding carboxylic acids is 2. The predicted octanol–water partition coefficient (Wildman–Crippen LogP) is -1.10. The maximum Gasteiger partial charge on any atom is 0.234 e. The van der Waals surface area contributed by atoms with Crippen LogP contribution in [0.25, 0.3) is 0 Å². The third-order valence-corrected chi connectivity index (χ3v) is 0.892. The van der Waals surface area contributed by atoms with Crippen LogP contribution in [-0.2, 0) is 9.59 Å². The van der Waals surface area contributed by atoms with Gasteiger partial charge >= 0.3 is 0 Å². The largest absolute Gasteiger partial charge is 0.351 e. The van der Waals surface area contributed by atoms with Crippen LogP contribution in [-0.4, -0.2) is 24.9 Å². The first kappa shape index (κ1) is 6.60. The lowest BCUT2D eigenvalue weighted by Gasteiger charge is -1.66. The van der Waals surface area contributed by atoms with Crippen molar-refractivity contribution in [1.82, 2.24) is 5.32 Å². The van der Waals surface area contributed by atoms with Gasteiger partial charge in [-0.05, 0) is 0 Å². The van der Waals surface area contributed by atoms with E-state index in [2.05, 4.69) is 15.3 Å². The van der Waals surface area contributed by atoms with Crippen LogP contribution in [0.15, 0.2) is 9.98 Å². The molecule has 5 nitrogen and oxygen atoms in total. The van der Waals surface area contributed by atoms with E-state index in [9.17, 15) is 9.59 Å². The van der Waals surface area contributed by atoms with Crippen molar-refractivity contribution in [2.75, 3.05) is 0 Å². The van der Waals surface area contributed by atoms with Gasteiger partial charge in [-0.3, -0.25) is 9.59 Å². The monoisotopic (exact) mass is 138 g/mol. The van der Waals surface area contributed by atoms with Crippen LogP contribution in [0.4, 0.5) is 0 Å². The van der Waals surface area contributed by atoms with Crippen molar-refractivity contribution in [1.29, 1.82) is 0 Å². The first-order valence-corrected chi connectivity index (χ1v) is 2.51. The van der Waals surface area contributed by atoms with Crippen LogP contribution in [0.2, 0.25) is 0 Å². The Hall–Kier alpha value is -1.52. The minimum absolute atomic E-state index is 0.408. The Kier molecular flexibility index (Phi) is 1.89. The number of amides is 2. The molecule has 0 aromatic rings. The molecule has 1 rings (SSSR count). The van der Waals surface area contributed by atoms with E-state index in [-0.39, 0.29) is 0 Å². The highest BCUT2D eigenvalue weighted by molar-refractivity contribution is 6.26. The Bertz CT molecular complexity index is 209. The Morgan fingerprint density at radius 3 is 2.70 bits per heavy atom. The van der Waals surface area contributed by atoms with Crippen molar-refractivity contribution in [2.45, 2.75) is 0 Å². The molecule has 1 aliphatic rings. The van der Waals surface area contributed by atoms with E-state index in [0.717, 1.165) is 0 Å². The first-order chi connectivity index (χ1) is 4.88. The molecule has 2 amide bonds. The quantitative estimate of drug-likeness (QED) is 0.305. The summed E-state index contributed by atoms with van der Waals surface area (Å²) in [5.41, 5.74) is 0. The van der Waals surface area contributed by atoms with E-state index < -0.39 is 0 Å². The fourth-order valence-electron chi connectivity index (χ4n) is 0.449. The lowest BCUT2D eigenvalue weighted by Crippen LogP contribution is -1.80. The van der Waals surface area contributed by atoms with Gasteiger partial charge in [-0.15, -0.1) is 0 Å². The van der Waals surface area contributed by atoms with Crippen molar-refractivity contribution in [3.8, 4) is 0 Å². The summed E-state index contributed by atoms with van der Waals surface area (Å²) in [6, 6.07) is 0.610. The molecule has 1 aliphatic heterocycles.